The van der Waals surface area contributed by atoms with Crippen LogP contribution in [0.15, 0.2) is 48.5 Å². The van der Waals surface area contributed by atoms with Crippen LogP contribution in [0, 0.1) is 11.6 Å². The highest BCUT2D eigenvalue weighted by Gasteiger charge is 2.09. The molecule has 0 fully saturated rings. The Morgan fingerprint density at radius 1 is 1.05 bits per heavy atom. The first-order chi connectivity index (χ1) is 10.2. The van der Waals surface area contributed by atoms with Gasteiger partial charge in [-0.05, 0) is 30.3 Å². The standard InChI is InChI=1S/C15H14F2N2O2/c16-13-7-6-11(10-14(13)17)15(20)19-21-9-8-18-12-4-2-1-3-5-12/h1-7,10,18H,8-9H2,(H,19,20). The number of rotatable bonds is 6. The molecule has 2 aromatic carbocycles. The maximum Gasteiger partial charge on any atom is 0.274 e. The number of carbonyl (C=O) groups is 1. The van der Waals surface area contributed by atoms with Crippen molar-refractivity contribution < 1.29 is 18.4 Å². The lowest BCUT2D eigenvalue weighted by Crippen LogP contribution is -2.26. The maximum absolute atomic E-state index is 13.0. The summed E-state index contributed by atoms with van der Waals surface area (Å²) in [7, 11) is 0. The Balaban J connectivity index is 1.71. The molecule has 1 amide bonds. The molecule has 0 heterocycles. The van der Waals surface area contributed by atoms with Gasteiger partial charge in [0.05, 0.1) is 6.61 Å². The highest BCUT2D eigenvalue weighted by atomic mass is 19.2. The van der Waals surface area contributed by atoms with Crippen LogP contribution < -0.4 is 10.8 Å². The van der Waals surface area contributed by atoms with Gasteiger partial charge in [-0.2, -0.15) is 0 Å². The second-order valence-corrected chi connectivity index (χ2v) is 4.20. The Morgan fingerprint density at radius 2 is 1.81 bits per heavy atom. The third-order valence-electron chi connectivity index (χ3n) is 2.65. The van der Waals surface area contributed by atoms with E-state index in [0.717, 1.165) is 17.8 Å². The van der Waals surface area contributed by atoms with Gasteiger partial charge < -0.3 is 5.32 Å². The predicted octanol–water partition coefficient (Wildman–Crippen LogP) is 2.74. The monoisotopic (exact) mass is 292 g/mol. The van der Waals surface area contributed by atoms with Gasteiger partial charge in [-0.3, -0.25) is 9.63 Å². The number of carbonyl (C=O) groups excluding carboxylic acids is 1. The Labute approximate surface area is 120 Å². The Hall–Kier alpha value is -2.47. The first-order valence-electron chi connectivity index (χ1n) is 6.33. The topological polar surface area (TPSA) is 50.4 Å². The summed E-state index contributed by atoms with van der Waals surface area (Å²) in [6, 6.07) is 12.4. The van der Waals surface area contributed by atoms with Crippen LogP contribution in [0.3, 0.4) is 0 Å². The summed E-state index contributed by atoms with van der Waals surface area (Å²) in [5.41, 5.74) is 3.09. The van der Waals surface area contributed by atoms with Crippen molar-refractivity contribution in [2.45, 2.75) is 0 Å². The molecule has 2 rings (SSSR count). The smallest absolute Gasteiger partial charge is 0.274 e. The minimum Gasteiger partial charge on any atom is -0.383 e. The van der Waals surface area contributed by atoms with Gasteiger partial charge >= 0.3 is 0 Å². The molecule has 6 heteroatoms. The third kappa shape index (κ3) is 4.54. The summed E-state index contributed by atoms with van der Waals surface area (Å²) in [5.74, 6) is -2.71. The zero-order valence-corrected chi connectivity index (χ0v) is 11.1. The van der Waals surface area contributed by atoms with Gasteiger partial charge in [0.1, 0.15) is 0 Å². The molecule has 0 aliphatic rings. The highest BCUT2D eigenvalue weighted by molar-refractivity contribution is 5.93. The van der Waals surface area contributed by atoms with Crippen LogP contribution in [0.5, 0.6) is 0 Å². The number of benzene rings is 2. The quantitative estimate of drug-likeness (QED) is 0.636. The van der Waals surface area contributed by atoms with Gasteiger partial charge in [0.25, 0.3) is 5.91 Å². The Kier molecular flexibility index (Phi) is 5.22. The van der Waals surface area contributed by atoms with E-state index in [1.165, 1.54) is 6.07 Å². The van der Waals surface area contributed by atoms with Gasteiger partial charge in [-0.15, -0.1) is 0 Å². The van der Waals surface area contributed by atoms with Gasteiger partial charge in [0, 0.05) is 17.8 Å². The molecule has 4 nitrogen and oxygen atoms in total. The summed E-state index contributed by atoms with van der Waals surface area (Å²) >= 11 is 0. The van der Waals surface area contributed by atoms with Crippen molar-refractivity contribution in [1.82, 2.24) is 5.48 Å². The molecule has 0 atom stereocenters. The normalized spacial score (nSPS) is 10.2. The van der Waals surface area contributed by atoms with Crippen LogP contribution >= 0.6 is 0 Å². The molecule has 110 valence electrons. The van der Waals surface area contributed by atoms with Crippen LogP contribution in [0.1, 0.15) is 10.4 Å². The van der Waals surface area contributed by atoms with E-state index >= 15 is 0 Å². The lowest BCUT2D eigenvalue weighted by atomic mass is 10.2. The van der Waals surface area contributed by atoms with Crippen LogP contribution in [-0.2, 0) is 4.84 Å². The van der Waals surface area contributed by atoms with Gasteiger partial charge in [-0.25, -0.2) is 14.3 Å². The minimum absolute atomic E-state index is 0.00933. The van der Waals surface area contributed by atoms with Gasteiger partial charge in [0.15, 0.2) is 11.6 Å². The van der Waals surface area contributed by atoms with Gasteiger partial charge in [-0.1, -0.05) is 18.2 Å². The molecule has 0 radical (unpaired) electrons. The van der Waals surface area contributed by atoms with Crippen LogP contribution in [0.25, 0.3) is 0 Å². The largest absolute Gasteiger partial charge is 0.383 e. The molecule has 0 aliphatic carbocycles. The second kappa shape index (κ2) is 7.35. The molecule has 0 unspecified atom stereocenters. The van der Waals surface area contributed by atoms with Crippen molar-refractivity contribution in [1.29, 1.82) is 0 Å². The van der Waals surface area contributed by atoms with E-state index in [0.29, 0.717) is 6.54 Å². The zero-order valence-electron chi connectivity index (χ0n) is 11.1. The average molecular weight is 292 g/mol. The number of nitrogens with one attached hydrogen (secondary N) is 2. The lowest BCUT2D eigenvalue weighted by Gasteiger charge is -2.08. The van der Waals surface area contributed by atoms with Crippen molar-refractivity contribution in [3.8, 4) is 0 Å². The summed E-state index contributed by atoms with van der Waals surface area (Å²) in [5, 5.41) is 3.09. The number of halogens is 2. The number of hydrogen-bond acceptors (Lipinski definition) is 3. The van der Waals surface area contributed by atoms with E-state index in [-0.39, 0.29) is 12.2 Å². The van der Waals surface area contributed by atoms with Crippen molar-refractivity contribution in [2.75, 3.05) is 18.5 Å². The highest BCUT2D eigenvalue weighted by Crippen LogP contribution is 2.08. The van der Waals surface area contributed by atoms with E-state index in [2.05, 4.69) is 10.8 Å². The fraction of sp³-hybridized carbons (Fsp3) is 0.133. The molecular formula is C15H14F2N2O2. The summed E-state index contributed by atoms with van der Waals surface area (Å²) in [6.07, 6.45) is 0. The third-order valence-corrected chi connectivity index (χ3v) is 2.65. The lowest BCUT2D eigenvalue weighted by molar-refractivity contribution is 0.0352. The number of anilines is 1. The molecule has 2 aromatic rings. The second-order valence-electron chi connectivity index (χ2n) is 4.20. The minimum atomic E-state index is -1.08. The molecule has 0 spiro atoms. The Bertz CT molecular complexity index is 606. The number of para-hydroxylation sites is 1. The maximum atomic E-state index is 13.0. The van der Waals surface area contributed by atoms with Crippen LogP contribution in [0.2, 0.25) is 0 Å². The molecule has 0 aromatic heterocycles. The summed E-state index contributed by atoms with van der Waals surface area (Å²) < 4.78 is 25.7. The molecule has 0 saturated carbocycles. The van der Waals surface area contributed by atoms with E-state index < -0.39 is 17.5 Å². The molecule has 0 bridgehead atoms. The van der Waals surface area contributed by atoms with Crippen molar-refractivity contribution in [3.63, 3.8) is 0 Å². The Morgan fingerprint density at radius 3 is 2.52 bits per heavy atom. The van der Waals surface area contributed by atoms with Crippen molar-refractivity contribution >= 4 is 11.6 Å². The SMILES string of the molecule is O=C(NOCCNc1ccccc1)c1ccc(F)c(F)c1. The average Bonchev–Trinajstić information content (AvgIpc) is 2.50. The van der Waals surface area contributed by atoms with E-state index in [4.69, 9.17) is 4.84 Å². The predicted molar refractivity (Wildman–Crippen MR) is 74.7 cm³/mol. The molecule has 2 N–H and O–H groups in total. The molecule has 0 aliphatic heterocycles. The fourth-order valence-electron chi connectivity index (χ4n) is 1.62. The number of amides is 1. The molecular weight excluding hydrogens is 278 g/mol. The number of hydroxylamine groups is 1. The van der Waals surface area contributed by atoms with E-state index in [1.54, 1.807) is 0 Å². The van der Waals surface area contributed by atoms with E-state index in [9.17, 15) is 13.6 Å². The summed E-state index contributed by atoms with van der Waals surface area (Å²) in [4.78, 5) is 16.6. The first-order valence-corrected chi connectivity index (χ1v) is 6.33. The van der Waals surface area contributed by atoms with Crippen LogP contribution in [0.4, 0.5) is 14.5 Å². The van der Waals surface area contributed by atoms with Gasteiger partial charge in [0.2, 0.25) is 0 Å². The van der Waals surface area contributed by atoms with Crippen molar-refractivity contribution in [3.05, 3.63) is 65.7 Å². The van der Waals surface area contributed by atoms with Crippen molar-refractivity contribution in [2.24, 2.45) is 0 Å². The summed E-state index contributed by atoms with van der Waals surface area (Å²) in [6.45, 7) is 0.715. The van der Waals surface area contributed by atoms with Crippen LogP contribution in [-0.4, -0.2) is 19.1 Å². The molecule has 21 heavy (non-hydrogen) atoms. The number of hydrogen-bond donors (Lipinski definition) is 2. The fourth-order valence-corrected chi connectivity index (χ4v) is 1.62. The first kappa shape index (κ1) is 14.9. The zero-order chi connectivity index (χ0) is 15.1. The molecule has 0 saturated heterocycles. The van der Waals surface area contributed by atoms with E-state index in [1.807, 2.05) is 30.3 Å².